The van der Waals surface area contributed by atoms with Crippen molar-refractivity contribution in [3.8, 4) is 6.07 Å². The van der Waals surface area contributed by atoms with Gasteiger partial charge >= 0.3 is 5.97 Å². The van der Waals surface area contributed by atoms with E-state index >= 15 is 0 Å². The fourth-order valence-corrected chi connectivity index (χ4v) is 1.34. The second-order valence-corrected chi connectivity index (χ2v) is 3.76. The molecule has 0 spiro atoms. The van der Waals surface area contributed by atoms with Crippen LogP contribution in [-0.4, -0.2) is 23.3 Å². The topological polar surface area (TPSA) is 70.3 Å². The Labute approximate surface area is 76.4 Å². The monoisotopic (exact) mass is 181 g/mol. The highest BCUT2D eigenvalue weighted by Crippen LogP contribution is 2.42. The predicted molar refractivity (Wildman–Crippen MR) is 44.4 cm³/mol. The Bertz CT molecular complexity index is 313. The molecule has 1 aliphatic heterocycles. The number of cyclic esters (lactones) is 1. The molecule has 4 nitrogen and oxygen atoms in total. The van der Waals surface area contributed by atoms with Gasteiger partial charge in [0.1, 0.15) is 6.61 Å². The molecule has 0 radical (unpaired) electrons. The summed E-state index contributed by atoms with van der Waals surface area (Å²) in [5.41, 5.74) is -2.82. The van der Waals surface area contributed by atoms with Crippen LogP contribution in [0.15, 0.2) is 12.2 Å². The number of hydrogen-bond acceptors (Lipinski definition) is 4. The van der Waals surface area contributed by atoms with Gasteiger partial charge in [-0.25, -0.2) is 4.79 Å². The molecule has 1 heterocycles. The number of esters is 1. The Hall–Kier alpha value is -1.34. The highest BCUT2D eigenvalue weighted by atomic mass is 16.6. The molecular weight excluding hydrogens is 170 g/mol. The lowest BCUT2D eigenvalue weighted by atomic mass is 9.73. The van der Waals surface area contributed by atoms with Crippen LogP contribution < -0.4 is 0 Å². The van der Waals surface area contributed by atoms with E-state index in [9.17, 15) is 9.90 Å². The summed E-state index contributed by atoms with van der Waals surface area (Å²) < 4.78 is 4.71. The molecule has 1 rings (SSSR count). The second kappa shape index (κ2) is 2.57. The number of carbonyl (C=O) groups excluding carboxylic acids is 1. The molecule has 1 N–H and O–H groups in total. The summed E-state index contributed by atoms with van der Waals surface area (Å²) >= 11 is 0. The van der Waals surface area contributed by atoms with Crippen LogP contribution in [-0.2, 0) is 9.53 Å². The molecule has 1 saturated heterocycles. The molecule has 1 atom stereocenters. The Balaban J connectivity index is 3.20. The van der Waals surface area contributed by atoms with E-state index < -0.39 is 17.0 Å². The van der Waals surface area contributed by atoms with Gasteiger partial charge in [0.05, 0.1) is 11.6 Å². The van der Waals surface area contributed by atoms with Crippen LogP contribution in [0.1, 0.15) is 13.8 Å². The third-order valence-electron chi connectivity index (χ3n) is 2.41. The minimum atomic E-state index is -1.86. The molecule has 0 aromatic heterocycles. The van der Waals surface area contributed by atoms with E-state index in [0.29, 0.717) is 0 Å². The zero-order chi connectivity index (χ0) is 10.3. The molecule has 1 aliphatic rings. The first-order valence-corrected chi connectivity index (χ1v) is 3.85. The number of carbonyl (C=O) groups is 1. The Morgan fingerprint density at radius 3 is 2.62 bits per heavy atom. The largest absolute Gasteiger partial charge is 0.463 e. The fraction of sp³-hybridized carbons (Fsp3) is 0.556. The fourth-order valence-electron chi connectivity index (χ4n) is 1.34. The molecule has 1 fully saturated rings. The Morgan fingerprint density at radius 1 is 1.77 bits per heavy atom. The normalized spacial score (nSPS) is 30.8. The standard InChI is InChI=1S/C9H11NO3/c1-6(4-10)9(12)7(11)13-5-8(9,2)3/h12H,1,5H2,2-3H3. The molecule has 0 bridgehead atoms. The van der Waals surface area contributed by atoms with Crippen molar-refractivity contribution in [1.29, 1.82) is 5.26 Å². The van der Waals surface area contributed by atoms with Gasteiger partial charge in [0, 0.05) is 5.41 Å². The lowest BCUT2D eigenvalue weighted by Crippen LogP contribution is -2.47. The van der Waals surface area contributed by atoms with Crippen molar-refractivity contribution in [2.24, 2.45) is 5.41 Å². The van der Waals surface area contributed by atoms with E-state index in [4.69, 9.17) is 10.00 Å². The van der Waals surface area contributed by atoms with E-state index in [2.05, 4.69) is 6.58 Å². The first kappa shape index (κ1) is 9.75. The molecule has 0 aliphatic carbocycles. The lowest BCUT2D eigenvalue weighted by molar-refractivity contribution is -0.151. The first-order chi connectivity index (χ1) is 5.86. The van der Waals surface area contributed by atoms with E-state index in [1.165, 1.54) is 0 Å². The van der Waals surface area contributed by atoms with Crippen molar-refractivity contribution in [2.75, 3.05) is 6.61 Å². The molecule has 0 amide bonds. The summed E-state index contributed by atoms with van der Waals surface area (Å²) in [6, 6.07) is 1.69. The lowest BCUT2D eigenvalue weighted by Gasteiger charge is -2.29. The maximum Gasteiger partial charge on any atom is 0.344 e. The molecule has 4 heteroatoms. The van der Waals surface area contributed by atoms with Crippen LogP contribution in [0.25, 0.3) is 0 Å². The number of hydrogen-bond donors (Lipinski definition) is 1. The highest BCUT2D eigenvalue weighted by molar-refractivity contribution is 5.87. The smallest absolute Gasteiger partial charge is 0.344 e. The predicted octanol–water partition coefficient (Wildman–Crippen LogP) is 0.380. The van der Waals surface area contributed by atoms with Gasteiger partial charge in [-0.2, -0.15) is 5.26 Å². The van der Waals surface area contributed by atoms with Crippen molar-refractivity contribution in [1.82, 2.24) is 0 Å². The molecule has 1 unspecified atom stereocenters. The maximum absolute atomic E-state index is 11.2. The molecule has 0 aromatic carbocycles. The number of nitrogens with zero attached hydrogens (tertiary/aromatic N) is 1. The highest BCUT2D eigenvalue weighted by Gasteiger charge is 2.59. The van der Waals surface area contributed by atoms with Crippen LogP contribution >= 0.6 is 0 Å². The summed E-state index contributed by atoms with van der Waals surface area (Å²) in [5.74, 6) is -0.788. The zero-order valence-electron chi connectivity index (χ0n) is 7.63. The van der Waals surface area contributed by atoms with Gasteiger partial charge in [-0.05, 0) is 0 Å². The number of aliphatic hydroxyl groups is 1. The second-order valence-electron chi connectivity index (χ2n) is 3.76. The summed E-state index contributed by atoms with van der Waals surface area (Å²) in [4.78, 5) is 11.2. The Morgan fingerprint density at radius 2 is 2.31 bits per heavy atom. The molecule has 0 saturated carbocycles. The van der Waals surface area contributed by atoms with Crippen LogP contribution in [0.2, 0.25) is 0 Å². The maximum atomic E-state index is 11.2. The summed E-state index contributed by atoms with van der Waals surface area (Å²) in [7, 11) is 0. The van der Waals surface area contributed by atoms with Crippen molar-refractivity contribution >= 4 is 5.97 Å². The van der Waals surface area contributed by atoms with Crippen LogP contribution in [0.4, 0.5) is 0 Å². The number of ether oxygens (including phenoxy) is 1. The number of rotatable bonds is 1. The third-order valence-corrected chi connectivity index (χ3v) is 2.41. The van der Waals surface area contributed by atoms with E-state index in [1.807, 2.05) is 0 Å². The third kappa shape index (κ3) is 1.04. The zero-order valence-corrected chi connectivity index (χ0v) is 7.63. The van der Waals surface area contributed by atoms with Gasteiger partial charge < -0.3 is 9.84 Å². The van der Waals surface area contributed by atoms with E-state index in [1.54, 1.807) is 19.9 Å². The van der Waals surface area contributed by atoms with Gasteiger partial charge in [0.2, 0.25) is 5.60 Å². The Kier molecular flexibility index (Phi) is 1.93. The van der Waals surface area contributed by atoms with Crippen LogP contribution in [0, 0.1) is 16.7 Å². The summed E-state index contributed by atoms with van der Waals surface area (Å²) in [6.45, 7) is 6.77. The van der Waals surface area contributed by atoms with E-state index in [0.717, 1.165) is 0 Å². The average molecular weight is 181 g/mol. The van der Waals surface area contributed by atoms with Crippen LogP contribution in [0.5, 0.6) is 0 Å². The van der Waals surface area contributed by atoms with Gasteiger partial charge in [0.25, 0.3) is 0 Å². The quantitative estimate of drug-likeness (QED) is 0.469. The van der Waals surface area contributed by atoms with Crippen molar-refractivity contribution in [2.45, 2.75) is 19.4 Å². The molecule has 70 valence electrons. The minimum Gasteiger partial charge on any atom is -0.463 e. The van der Waals surface area contributed by atoms with Gasteiger partial charge in [-0.1, -0.05) is 20.4 Å². The molecule has 0 aromatic rings. The minimum absolute atomic E-state index is 0.100. The average Bonchev–Trinajstić information content (AvgIpc) is 2.29. The molecular formula is C9H11NO3. The van der Waals surface area contributed by atoms with Crippen molar-refractivity contribution in [3.05, 3.63) is 12.2 Å². The summed E-state index contributed by atoms with van der Waals surface area (Å²) in [5, 5.41) is 18.6. The van der Waals surface area contributed by atoms with Crippen molar-refractivity contribution in [3.63, 3.8) is 0 Å². The van der Waals surface area contributed by atoms with Gasteiger partial charge in [-0.15, -0.1) is 0 Å². The SMILES string of the molecule is C=C(C#N)C1(O)C(=O)OCC1(C)C. The summed E-state index contributed by atoms with van der Waals surface area (Å²) in [6.07, 6.45) is 0. The van der Waals surface area contributed by atoms with E-state index in [-0.39, 0.29) is 12.2 Å². The van der Waals surface area contributed by atoms with Crippen LogP contribution in [0.3, 0.4) is 0 Å². The van der Waals surface area contributed by atoms with Crippen molar-refractivity contribution < 1.29 is 14.6 Å². The number of nitriles is 1. The molecule has 13 heavy (non-hydrogen) atoms. The van der Waals surface area contributed by atoms with Gasteiger partial charge in [-0.3, -0.25) is 0 Å². The van der Waals surface area contributed by atoms with Gasteiger partial charge in [0.15, 0.2) is 0 Å². The first-order valence-electron chi connectivity index (χ1n) is 3.85.